The first kappa shape index (κ1) is 18.0. The lowest BCUT2D eigenvalue weighted by molar-refractivity contribution is 0.212. The Morgan fingerprint density at radius 1 is 0.905 bits per heavy atom. The molecule has 0 unspecified atom stereocenters. The summed E-state index contributed by atoms with van der Waals surface area (Å²) in [7, 11) is -3.05. The third-order valence-electron chi connectivity index (χ3n) is 2.49. The molecule has 0 aromatic heterocycles. The van der Waals surface area contributed by atoms with E-state index in [0.29, 0.717) is 13.2 Å². The van der Waals surface area contributed by atoms with E-state index >= 15 is 0 Å². The maximum atomic E-state index is 5.89. The Balaban J connectivity index is 2.45. The fourth-order valence-electron chi connectivity index (χ4n) is 1.67. The molecule has 5 heteroatoms. The van der Waals surface area contributed by atoms with Gasteiger partial charge in [-0.1, -0.05) is 6.58 Å². The lowest BCUT2D eigenvalue weighted by Crippen LogP contribution is -2.27. The van der Waals surface area contributed by atoms with Crippen molar-refractivity contribution in [2.24, 2.45) is 0 Å². The van der Waals surface area contributed by atoms with Gasteiger partial charge in [0, 0.05) is 5.56 Å². The van der Waals surface area contributed by atoms with E-state index in [2.05, 4.69) is 45.9 Å². The van der Waals surface area contributed by atoms with Crippen molar-refractivity contribution in [3.05, 3.63) is 36.4 Å². The second-order valence-corrected chi connectivity index (χ2v) is 15.9. The number of hydrogen-bond acceptors (Lipinski definition) is 3. The van der Waals surface area contributed by atoms with Crippen LogP contribution in [-0.2, 0) is 8.85 Å². The van der Waals surface area contributed by atoms with Crippen LogP contribution in [0.3, 0.4) is 0 Å². The van der Waals surface area contributed by atoms with Gasteiger partial charge in [-0.05, 0) is 63.5 Å². The summed E-state index contributed by atoms with van der Waals surface area (Å²) in [5, 5.41) is 0. The minimum atomic E-state index is -1.60. The molecule has 1 aromatic carbocycles. The van der Waals surface area contributed by atoms with Crippen LogP contribution in [0, 0.1) is 0 Å². The van der Waals surface area contributed by atoms with Crippen LogP contribution in [0.5, 0.6) is 5.75 Å². The lowest BCUT2D eigenvalue weighted by Gasteiger charge is -2.21. The summed E-state index contributed by atoms with van der Waals surface area (Å²) in [5.41, 5.74) is 1.00. The Labute approximate surface area is 131 Å². The van der Waals surface area contributed by atoms with Crippen molar-refractivity contribution in [3.63, 3.8) is 0 Å². The molecule has 0 saturated carbocycles. The van der Waals surface area contributed by atoms with Gasteiger partial charge in [-0.25, -0.2) is 0 Å². The highest BCUT2D eigenvalue weighted by Gasteiger charge is 2.17. The van der Waals surface area contributed by atoms with Gasteiger partial charge < -0.3 is 13.6 Å². The lowest BCUT2D eigenvalue weighted by atomic mass is 10.2. The molecule has 0 spiro atoms. The minimum absolute atomic E-state index is 0.579. The average Bonchev–Trinajstić information content (AvgIpc) is 2.32. The fourth-order valence-corrected chi connectivity index (χ4v) is 3.23. The second kappa shape index (κ2) is 7.29. The Bertz CT molecular complexity index is 456. The van der Waals surface area contributed by atoms with Crippen LogP contribution in [-0.4, -0.2) is 29.8 Å². The highest BCUT2D eigenvalue weighted by atomic mass is 28.4. The van der Waals surface area contributed by atoms with Crippen molar-refractivity contribution < 1.29 is 13.6 Å². The molecule has 0 aliphatic heterocycles. The largest absolute Gasteiger partial charge is 0.544 e. The summed E-state index contributed by atoms with van der Waals surface area (Å²) in [5.74, 6) is 1.58. The summed E-state index contributed by atoms with van der Waals surface area (Å²) < 4.78 is 17.3. The maximum absolute atomic E-state index is 5.89. The van der Waals surface area contributed by atoms with E-state index in [1.165, 1.54) is 0 Å². The molecule has 0 bridgehead atoms. The maximum Gasteiger partial charge on any atom is 0.242 e. The first-order valence-corrected chi connectivity index (χ1v) is 14.1. The van der Waals surface area contributed by atoms with Crippen molar-refractivity contribution in [1.29, 1.82) is 0 Å². The molecule has 1 aromatic rings. The molecule has 0 aliphatic rings. The van der Waals surface area contributed by atoms with Crippen LogP contribution in [0.15, 0.2) is 30.8 Å². The van der Waals surface area contributed by atoms with Crippen molar-refractivity contribution in [3.8, 4) is 5.75 Å². The zero-order valence-corrected chi connectivity index (χ0v) is 16.2. The van der Waals surface area contributed by atoms with Crippen LogP contribution in [0.25, 0.3) is 5.76 Å². The van der Waals surface area contributed by atoms with E-state index in [1.54, 1.807) is 0 Å². The van der Waals surface area contributed by atoms with Crippen LogP contribution < -0.4 is 4.74 Å². The molecule has 0 N–H and O–H groups in total. The zero-order chi connectivity index (χ0) is 16.1. The predicted molar refractivity (Wildman–Crippen MR) is 94.7 cm³/mol. The van der Waals surface area contributed by atoms with Gasteiger partial charge >= 0.3 is 0 Å². The predicted octanol–water partition coefficient (Wildman–Crippen LogP) is 4.74. The topological polar surface area (TPSA) is 27.7 Å². The molecule has 0 fully saturated rings. The van der Waals surface area contributed by atoms with E-state index in [9.17, 15) is 0 Å². The first-order valence-electron chi connectivity index (χ1n) is 7.32. The van der Waals surface area contributed by atoms with E-state index < -0.39 is 16.6 Å². The molecule has 0 saturated heterocycles. The Hall–Kier alpha value is -1.05. The van der Waals surface area contributed by atoms with E-state index in [4.69, 9.17) is 13.6 Å². The van der Waals surface area contributed by atoms with Gasteiger partial charge in [0.15, 0.2) is 8.32 Å². The van der Waals surface area contributed by atoms with Crippen LogP contribution in [0.4, 0.5) is 0 Å². The highest BCUT2D eigenvalue weighted by molar-refractivity contribution is 6.70. The van der Waals surface area contributed by atoms with Gasteiger partial charge in [0.1, 0.15) is 18.1 Å². The third-order valence-corrected chi connectivity index (χ3v) is 4.42. The van der Waals surface area contributed by atoms with Crippen molar-refractivity contribution in [1.82, 2.24) is 0 Å². The quantitative estimate of drug-likeness (QED) is 0.393. The van der Waals surface area contributed by atoms with E-state index in [-0.39, 0.29) is 0 Å². The molecular weight excluding hydrogens is 296 g/mol. The van der Waals surface area contributed by atoms with E-state index in [1.807, 2.05) is 24.3 Å². The number of ether oxygens (including phenoxy) is 1. The molecule has 0 atom stereocenters. The SMILES string of the molecule is C=C(O[Si](C)(C)C)c1ccc(OCCO[Si](C)(C)C)cc1. The van der Waals surface area contributed by atoms with Gasteiger partial charge in [-0.3, -0.25) is 0 Å². The molecule has 0 amide bonds. The summed E-state index contributed by atoms with van der Waals surface area (Å²) in [6, 6.07) is 7.86. The average molecular weight is 325 g/mol. The molecule has 21 heavy (non-hydrogen) atoms. The standard InChI is InChI=1S/C16H28O3Si2/c1-14(19-21(5,6)7)15-8-10-16(11-9-15)17-12-13-18-20(2,3)4/h8-11H,1,12-13H2,2-7H3. The van der Waals surface area contributed by atoms with Gasteiger partial charge in [-0.15, -0.1) is 0 Å². The normalized spacial score (nSPS) is 12.1. The Morgan fingerprint density at radius 2 is 1.48 bits per heavy atom. The summed E-state index contributed by atoms with van der Waals surface area (Å²) >= 11 is 0. The summed E-state index contributed by atoms with van der Waals surface area (Å²) in [4.78, 5) is 0. The second-order valence-electron chi connectivity index (χ2n) is 6.97. The minimum Gasteiger partial charge on any atom is -0.544 e. The molecular formula is C16H28O3Si2. The molecule has 118 valence electrons. The summed E-state index contributed by atoms with van der Waals surface area (Å²) in [6.07, 6.45) is 0. The van der Waals surface area contributed by atoms with Crippen LogP contribution in [0.2, 0.25) is 39.3 Å². The van der Waals surface area contributed by atoms with E-state index in [0.717, 1.165) is 17.1 Å². The number of rotatable bonds is 8. The van der Waals surface area contributed by atoms with Crippen molar-refractivity contribution in [2.45, 2.75) is 39.3 Å². The smallest absolute Gasteiger partial charge is 0.242 e. The number of hydrogen-bond donors (Lipinski definition) is 0. The molecule has 0 aliphatic carbocycles. The molecule has 3 nitrogen and oxygen atoms in total. The van der Waals surface area contributed by atoms with Crippen molar-refractivity contribution >= 4 is 22.4 Å². The van der Waals surface area contributed by atoms with Gasteiger partial charge in [0.25, 0.3) is 0 Å². The van der Waals surface area contributed by atoms with Gasteiger partial charge in [-0.2, -0.15) is 0 Å². The monoisotopic (exact) mass is 324 g/mol. The molecule has 0 radical (unpaired) electrons. The van der Waals surface area contributed by atoms with Crippen molar-refractivity contribution in [2.75, 3.05) is 13.2 Å². The molecule has 0 heterocycles. The zero-order valence-electron chi connectivity index (χ0n) is 14.2. The molecule has 1 rings (SSSR count). The van der Waals surface area contributed by atoms with Crippen LogP contribution in [0.1, 0.15) is 5.56 Å². The first-order chi connectivity index (χ1) is 9.57. The highest BCUT2D eigenvalue weighted by Crippen LogP contribution is 2.21. The Morgan fingerprint density at radius 3 is 1.95 bits per heavy atom. The fraction of sp³-hybridized carbons (Fsp3) is 0.500. The van der Waals surface area contributed by atoms with Gasteiger partial charge in [0.05, 0.1) is 6.61 Å². The summed E-state index contributed by atoms with van der Waals surface area (Å²) in [6.45, 7) is 18.2. The number of benzene rings is 1. The van der Waals surface area contributed by atoms with Gasteiger partial charge in [0.2, 0.25) is 8.32 Å². The third kappa shape index (κ3) is 8.09. The Kier molecular flexibility index (Phi) is 6.25. The van der Waals surface area contributed by atoms with Crippen LogP contribution >= 0.6 is 0 Å².